The van der Waals surface area contributed by atoms with Crippen LogP contribution in [0.4, 0.5) is 0 Å². The van der Waals surface area contributed by atoms with E-state index in [0.717, 1.165) is 0 Å². The number of methoxy groups -OCH3 is 2. The van der Waals surface area contributed by atoms with Crippen LogP contribution in [-0.2, 0) is 28.5 Å². The summed E-state index contributed by atoms with van der Waals surface area (Å²) in [5.41, 5.74) is 0.338. The van der Waals surface area contributed by atoms with Crippen LogP contribution >= 0.6 is 0 Å². The molecule has 0 aliphatic rings. The van der Waals surface area contributed by atoms with E-state index in [-0.39, 0.29) is 31.7 Å². The van der Waals surface area contributed by atoms with Crippen molar-refractivity contribution in [3.63, 3.8) is 0 Å². The summed E-state index contributed by atoms with van der Waals surface area (Å²) in [5, 5.41) is 0. The van der Waals surface area contributed by atoms with Gasteiger partial charge in [-0.2, -0.15) is 0 Å². The maximum absolute atomic E-state index is 11.4. The number of ether oxygens (including phenoxy) is 4. The predicted molar refractivity (Wildman–Crippen MR) is 68.6 cm³/mol. The zero-order valence-electron chi connectivity index (χ0n) is 11.8. The molecule has 0 aromatic rings. The highest BCUT2D eigenvalue weighted by molar-refractivity contribution is 5.86. The summed E-state index contributed by atoms with van der Waals surface area (Å²) in [6.07, 6.45) is 0.335. The standard InChI is InChI=1S/C13H22O6/c1-10(2)13(15)18-7-5-6-12(14)19-9-11(17-4)8-16-3/h11H,1,5-9H2,2-4H3. The number of carbonyl (C=O) groups excluding carboxylic acids is 2. The molecule has 0 amide bonds. The van der Waals surface area contributed by atoms with E-state index < -0.39 is 5.97 Å². The minimum Gasteiger partial charge on any atom is -0.463 e. The number of hydrogen-bond acceptors (Lipinski definition) is 6. The maximum atomic E-state index is 11.4. The third-order valence-corrected chi connectivity index (χ3v) is 2.22. The van der Waals surface area contributed by atoms with Crippen LogP contribution in [0.3, 0.4) is 0 Å². The Morgan fingerprint density at radius 1 is 1.16 bits per heavy atom. The minimum absolute atomic E-state index is 0.148. The summed E-state index contributed by atoms with van der Waals surface area (Å²) in [5.74, 6) is -0.808. The Bertz CT molecular complexity index is 300. The second kappa shape index (κ2) is 10.5. The van der Waals surface area contributed by atoms with E-state index in [1.165, 1.54) is 7.11 Å². The van der Waals surface area contributed by atoms with Gasteiger partial charge in [0.05, 0.1) is 13.2 Å². The van der Waals surface area contributed by atoms with Gasteiger partial charge < -0.3 is 18.9 Å². The molecule has 6 nitrogen and oxygen atoms in total. The second-order valence-corrected chi connectivity index (χ2v) is 4.02. The van der Waals surface area contributed by atoms with E-state index in [9.17, 15) is 9.59 Å². The molecule has 0 heterocycles. The predicted octanol–water partition coefficient (Wildman–Crippen LogP) is 1.09. The fraction of sp³-hybridized carbons (Fsp3) is 0.692. The van der Waals surface area contributed by atoms with Gasteiger partial charge in [-0.05, 0) is 13.3 Å². The monoisotopic (exact) mass is 274 g/mol. The molecule has 0 aromatic heterocycles. The summed E-state index contributed by atoms with van der Waals surface area (Å²) in [6.45, 7) is 5.70. The summed E-state index contributed by atoms with van der Waals surface area (Å²) < 4.78 is 19.8. The Kier molecular flexibility index (Phi) is 9.74. The second-order valence-electron chi connectivity index (χ2n) is 4.02. The summed E-state index contributed by atoms with van der Waals surface area (Å²) in [6, 6.07) is 0. The zero-order valence-corrected chi connectivity index (χ0v) is 11.8. The Balaban J connectivity index is 3.64. The first-order chi connectivity index (χ1) is 9.01. The van der Waals surface area contributed by atoms with E-state index in [0.29, 0.717) is 18.6 Å². The van der Waals surface area contributed by atoms with E-state index in [4.69, 9.17) is 18.9 Å². The average Bonchev–Trinajstić information content (AvgIpc) is 2.39. The summed E-state index contributed by atoms with van der Waals surface area (Å²) in [7, 11) is 3.07. The van der Waals surface area contributed by atoms with Crippen molar-refractivity contribution in [1.29, 1.82) is 0 Å². The molecule has 6 heteroatoms. The minimum atomic E-state index is -0.451. The largest absolute Gasteiger partial charge is 0.463 e. The van der Waals surface area contributed by atoms with Gasteiger partial charge in [0, 0.05) is 26.2 Å². The molecule has 0 rings (SSSR count). The van der Waals surface area contributed by atoms with Crippen molar-refractivity contribution in [1.82, 2.24) is 0 Å². The highest BCUT2D eigenvalue weighted by Crippen LogP contribution is 1.99. The quantitative estimate of drug-likeness (QED) is 0.337. The molecular weight excluding hydrogens is 252 g/mol. The molecule has 0 aromatic carbocycles. The van der Waals surface area contributed by atoms with Crippen molar-refractivity contribution >= 4 is 11.9 Å². The molecule has 0 spiro atoms. The van der Waals surface area contributed by atoms with Crippen molar-refractivity contribution in [2.45, 2.75) is 25.9 Å². The van der Waals surface area contributed by atoms with Crippen molar-refractivity contribution in [3.8, 4) is 0 Å². The lowest BCUT2D eigenvalue weighted by molar-refractivity contribution is -0.149. The van der Waals surface area contributed by atoms with Gasteiger partial charge in [0.25, 0.3) is 0 Å². The van der Waals surface area contributed by atoms with Crippen LogP contribution in [0.2, 0.25) is 0 Å². The number of esters is 2. The van der Waals surface area contributed by atoms with Gasteiger partial charge in [-0.15, -0.1) is 0 Å². The van der Waals surface area contributed by atoms with Gasteiger partial charge in [-0.1, -0.05) is 6.58 Å². The smallest absolute Gasteiger partial charge is 0.333 e. The van der Waals surface area contributed by atoms with Gasteiger partial charge in [0.15, 0.2) is 0 Å². The number of rotatable bonds is 10. The highest BCUT2D eigenvalue weighted by Gasteiger charge is 2.11. The van der Waals surface area contributed by atoms with Crippen molar-refractivity contribution in [2.75, 3.05) is 34.0 Å². The molecule has 0 saturated carbocycles. The molecule has 0 bridgehead atoms. The van der Waals surface area contributed by atoms with Crippen LogP contribution in [-0.4, -0.2) is 52.1 Å². The molecule has 19 heavy (non-hydrogen) atoms. The number of hydrogen-bond donors (Lipinski definition) is 0. The molecular formula is C13H22O6. The third-order valence-electron chi connectivity index (χ3n) is 2.22. The lowest BCUT2D eigenvalue weighted by Crippen LogP contribution is -2.25. The van der Waals surface area contributed by atoms with Gasteiger partial charge in [0.2, 0.25) is 0 Å². The fourth-order valence-corrected chi connectivity index (χ4v) is 1.13. The average molecular weight is 274 g/mol. The van der Waals surface area contributed by atoms with E-state index >= 15 is 0 Å². The molecule has 0 N–H and O–H groups in total. The highest BCUT2D eigenvalue weighted by atomic mass is 16.6. The van der Waals surface area contributed by atoms with E-state index in [1.807, 2.05) is 0 Å². The normalized spacial score (nSPS) is 11.7. The molecule has 110 valence electrons. The van der Waals surface area contributed by atoms with Gasteiger partial charge in [0.1, 0.15) is 12.7 Å². The first kappa shape index (κ1) is 17.6. The van der Waals surface area contributed by atoms with Crippen molar-refractivity contribution in [3.05, 3.63) is 12.2 Å². The molecule has 0 saturated heterocycles. The van der Waals surface area contributed by atoms with Crippen molar-refractivity contribution in [2.24, 2.45) is 0 Å². The van der Waals surface area contributed by atoms with Crippen LogP contribution < -0.4 is 0 Å². The maximum Gasteiger partial charge on any atom is 0.333 e. The third kappa shape index (κ3) is 9.21. The first-order valence-corrected chi connectivity index (χ1v) is 6.01. The molecule has 1 atom stereocenters. The van der Waals surface area contributed by atoms with Crippen LogP contribution in [0, 0.1) is 0 Å². The summed E-state index contributed by atoms with van der Waals surface area (Å²) >= 11 is 0. The van der Waals surface area contributed by atoms with Gasteiger partial charge in [-0.3, -0.25) is 4.79 Å². The zero-order chi connectivity index (χ0) is 14.7. The lowest BCUT2D eigenvalue weighted by atomic mass is 10.3. The Hall–Kier alpha value is -1.40. The van der Waals surface area contributed by atoms with Crippen molar-refractivity contribution < 1.29 is 28.5 Å². The van der Waals surface area contributed by atoms with Gasteiger partial charge >= 0.3 is 11.9 Å². The van der Waals surface area contributed by atoms with E-state index in [1.54, 1.807) is 14.0 Å². The topological polar surface area (TPSA) is 71.1 Å². The molecule has 0 aliphatic heterocycles. The first-order valence-electron chi connectivity index (χ1n) is 6.01. The SMILES string of the molecule is C=C(C)C(=O)OCCCC(=O)OCC(COC)OC. The van der Waals surface area contributed by atoms with Crippen LogP contribution in [0.25, 0.3) is 0 Å². The molecule has 0 radical (unpaired) electrons. The lowest BCUT2D eigenvalue weighted by Gasteiger charge is -2.14. The molecule has 0 aliphatic carbocycles. The van der Waals surface area contributed by atoms with E-state index in [2.05, 4.69) is 6.58 Å². The van der Waals surface area contributed by atoms with Crippen LogP contribution in [0.15, 0.2) is 12.2 Å². The van der Waals surface area contributed by atoms with Gasteiger partial charge in [-0.25, -0.2) is 4.79 Å². The van der Waals surface area contributed by atoms with Crippen LogP contribution in [0.5, 0.6) is 0 Å². The number of carbonyl (C=O) groups is 2. The molecule has 0 fully saturated rings. The molecule has 1 unspecified atom stereocenters. The Morgan fingerprint density at radius 3 is 2.37 bits per heavy atom. The Morgan fingerprint density at radius 2 is 1.84 bits per heavy atom. The Labute approximate surface area is 113 Å². The summed E-state index contributed by atoms with van der Waals surface area (Å²) in [4.78, 5) is 22.4. The fourth-order valence-electron chi connectivity index (χ4n) is 1.13. The van der Waals surface area contributed by atoms with Crippen LogP contribution in [0.1, 0.15) is 19.8 Å².